The molecule has 0 fully saturated rings. The van der Waals surface area contributed by atoms with E-state index < -0.39 is 6.10 Å². The summed E-state index contributed by atoms with van der Waals surface area (Å²) in [5.41, 5.74) is 0. The molecule has 6 nitrogen and oxygen atoms in total. The summed E-state index contributed by atoms with van der Waals surface area (Å²) in [6, 6.07) is 0. The lowest BCUT2D eigenvalue weighted by molar-refractivity contribution is -0.167. The maximum atomic E-state index is 12.9. The molecule has 0 aromatic carbocycles. The van der Waals surface area contributed by atoms with E-state index in [4.69, 9.17) is 14.2 Å². The van der Waals surface area contributed by atoms with Crippen LogP contribution in [-0.4, -0.2) is 37.2 Å². The molecule has 0 aliphatic heterocycles. The number of unbranched alkanes of at least 4 members (excludes halogenated alkanes) is 34. The Kier molecular flexibility index (Phi) is 63.7. The van der Waals surface area contributed by atoms with Crippen LogP contribution < -0.4 is 0 Å². The van der Waals surface area contributed by atoms with Crippen LogP contribution in [0.3, 0.4) is 0 Å². The predicted octanol–water partition coefficient (Wildman–Crippen LogP) is 23.2. The van der Waals surface area contributed by atoms with Crippen LogP contribution in [0.4, 0.5) is 0 Å². The molecule has 1 unspecified atom stereocenters. The Morgan fingerprint density at radius 2 is 0.494 bits per heavy atom. The van der Waals surface area contributed by atoms with E-state index in [1.54, 1.807) is 0 Å². The Morgan fingerprint density at radius 3 is 0.772 bits per heavy atom. The van der Waals surface area contributed by atoms with Gasteiger partial charge in [-0.05, 0) is 83.5 Å². The highest BCUT2D eigenvalue weighted by atomic mass is 16.6. The molecule has 0 bridgehead atoms. The second kappa shape index (κ2) is 66.8. The zero-order valence-corrected chi connectivity index (χ0v) is 52.1. The van der Waals surface area contributed by atoms with Crippen molar-refractivity contribution in [2.75, 3.05) is 13.2 Å². The molecule has 0 aliphatic rings. The van der Waals surface area contributed by atoms with E-state index in [2.05, 4.69) is 118 Å². The van der Waals surface area contributed by atoms with E-state index in [-0.39, 0.29) is 31.1 Å². The van der Waals surface area contributed by atoms with Gasteiger partial charge >= 0.3 is 17.9 Å². The van der Waals surface area contributed by atoms with Crippen molar-refractivity contribution in [3.8, 4) is 0 Å². The summed E-state index contributed by atoms with van der Waals surface area (Å²) >= 11 is 0. The summed E-state index contributed by atoms with van der Waals surface area (Å²) in [7, 11) is 0. The average Bonchev–Trinajstić information content (AvgIpc) is 3.45. The van der Waals surface area contributed by atoms with Crippen LogP contribution in [-0.2, 0) is 28.6 Å². The SMILES string of the molecule is CC/C=C\C/C=C\C/C=C\C/C=C\C/C=C\C/C=C\C/C=C\C/C=C\CCCCCCCCCCCCC(=O)OCC(COC(=O)CCCCCCCCCCCCC)OC(=O)CCCCCCCCCCCCCCCCC. The molecule has 6 heteroatoms. The van der Waals surface area contributed by atoms with Crippen LogP contribution in [0.25, 0.3) is 0 Å². The Labute approximate surface area is 489 Å². The lowest BCUT2D eigenvalue weighted by Crippen LogP contribution is -2.30. The van der Waals surface area contributed by atoms with E-state index >= 15 is 0 Å². The third-order valence-electron chi connectivity index (χ3n) is 14.6. The first kappa shape index (κ1) is 75.3. The molecular weight excluding hydrogens is 973 g/mol. The molecular formula is C73H126O6. The Balaban J connectivity index is 4.16. The van der Waals surface area contributed by atoms with Gasteiger partial charge in [-0.2, -0.15) is 0 Å². The highest BCUT2D eigenvalue weighted by molar-refractivity contribution is 5.71. The smallest absolute Gasteiger partial charge is 0.306 e. The lowest BCUT2D eigenvalue weighted by Gasteiger charge is -2.18. The second-order valence-corrected chi connectivity index (χ2v) is 22.4. The third-order valence-corrected chi connectivity index (χ3v) is 14.6. The van der Waals surface area contributed by atoms with Crippen LogP contribution in [0.5, 0.6) is 0 Å². The molecule has 0 aromatic heterocycles. The number of carbonyl (C=O) groups excluding carboxylic acids is 3. The molecule has 0 aromatic rings. The van der Waals surface area contributed by atoms with Crippen LogP contribution in [0.15, 0.2) is 97.2 Å². The highest BCUT2D eigenvalue weighted by Crippen LogP contribution is 2.17. The molecule has 0 N–H and O–H groups in total. The summed E-state index contributed by atoms with van der Waals surface area (Å²) in [5, 5.41) is 0. The van der Waals surface area contributed by atoms with Crippen LogP contribution in [0.2, 0.25) is 0 Å². The van der Waals surface area contributed by atoms with Crippen molar-refractivity contribution in [1.29, 1.82) is 0 Å². The summed E-state index contributed by atoms with van der Waals surface area (Å²) in [6.45, 7) is 6.55. The molecule has 0 saturated heterocycles. The van der Waals surface area contributed by atoms with Crippen molar-refractivity contribution >= 4 is 17.9 Å². The molecule has 0 saturated carbocycles. The fourth-order valence-corrected chi connectivity index (χ4v) is 9.58. The maximum absolute atomic E-state index is 12.9. The van der Waals surface area contributed by atoms with Gasteiger partial charge in [0.2, 0.25) is 0 Å². The summed E-state index contributed by atoms with van der Waals surface area (Å²) in [6.07, 6.45) is 90.0. The van der Waals surface area contributed by atoms with Gasteiger partial charge in [0, 0.05) is 19.3 Å². The van der Waals surface area contributed by atoms with Crippen molar-refractivity contribution in [1.82, 2.24) is 0 Å². The van der Waals surface area contributed by atoms with Gasteiger partial charge in [0.15, 0.2) is 6.10 Å². The minimum atomic E-state index is -0.775. The Hall–Kier alpha value is -3.67. The van der Waals surface area contributed by atoms with Gasteiger partial charge in [0.05, 0.1) is 0 Å². The molecule has 454 valence electrons. The van der Waals surface area contributed by atoms with Crippen molar-refractivity contribution in [2.45, 2.75) is 335 Å². The van der Waals surface area contributed by atoms with E-state index in [0.717, 1.165) is 109 Å². The average molecular weight is 1100 g/mol. The Morgan fingerprint density at radius 1 is 0.266 bits per heavy atom. The molecule has 0 rings (SSSR count). The minimum absolute atomic E-state index is 0.0725. The monoisotopic (exact) mass is 1100 g/mol. The quantitative estimate of drug-likeness (QED) is 0.0261. The largest absolute Gasteiger partial charge is 0.462 e. The standard InChI is InChI=1S/C73H126O6/c1-4-7-10-13-16-19-22-24-26-27-28-29-30-31-32-33-34-35-36-37-38-39-40-41-42-43-44-45-47-48-51-54-57-60-63-66-72(75)78-69-70(68-77-71(74)65-62-59-56-53-50-21-18-15-12-9-6-3)79-73(76)67-64-61-58-55-52-49-46-25-23-20-17-14-11-8-5-2/h7,10,16,19,24,26,28-29,31-32,34-35,37-38,40-41,70H,4-6,8-9,11-15,17-18,20-23,25,27,30,33,36,39,42-69H2,1-3H3/b10-7-,19-16-,26-24-,29-28-,32-31-,35-34-,38-37-,41-40-. The topological polar surface area (TPSA) is 78.9 Å². The van der Waals surface area contributed by atoms with Gasteiger partial charge in [0.25, 0.3) is 0 Å². The van der Waals surface area contributed by atoms with Gasteiger partial charge in [-0.25, -0.2) is 0 Å². The third kappa shape index (κ3) is 65.0. The van der Waals surface area contributed by atoms with Crippen molar-refractivity contribution < 1.29 is 28.6 Å². The number of carbonyl (C=O) groups is 3. The predicted molar refractivity (Wildman–Crippen MR) is 344 cm³/mol. The van der Waals surface area contributed by atoms with Crippen LogP contribution in [0.1, 0.15) is 329 Å². The molecule has 0 aliphatic carbocycles. The molecule has 79 heavy (non-hydrogen) atoms. The summed E-state index contributed by atoms with van der Waals surface area (Å²) in [4.78, 5) is 38.2. The number of allylic oxidation sites excluding steroid dienone is 16. The summed E-state index contributed by atoms with van der Waals surface area (Å²) < 4.78 is 16.9. The highest BCUT2D eigenvalue weighted by Gasteiger charge is 2.19. The zero-order valence-electron chi connectivity index (χ0n) is 52.1. The van der Waals surface area contributed by atoms with Crippen molar-refractivity contribution in [3.05, 3.63) is 97.2 Å². The van der Waals surface area contributed by atoms with E-state index in [1.165, 1.54) is 180 Å². The van der Waals surface area contributed by atoms with Crippen molar-refractivity contribution in [3.63, 3.8) is 0 Å². The van der Waals surface area contributed by atoms with Gasteiger partial charge in [-0.3, -0.25) is 14.4 Å². The van der Waals surface area contributed by atoms with Crippen LogP contribution >= 0.6 is 0 Å². The van der Waals surface area contributed by atoms with Crippen molar-refractivity contribution in [2.24, 2.45) is 0 Å². The van der Waals surface area contributed by atoms with Gasteiger partial charge in [0.1, 0.15) is 13.2 Å². The molecule has 0 radical (unpaired) electrons. The van der Waals surface area contributed by atoms with E-state index in [1.807, 2.05) is 0 Å². The van der Waals surface area contributed by atoms with Crippen LogP contribution in [0, 0.1) is 0 Å². The summed E-state index contributed by atoms with van der Waals surface area (Å²) in [5.74, 6) is -0.863. The fraction of sp³-hybridized carbons (Fsp3) is 0.740. The number of hydrogen-bond acceptors (Lipinski definition) is 6. The maximum Gasteiger partial charge on any atom is 0.306 e. The Bertz CT molecular complexity index is 1540. The molecule has 0 spiro atoms. The van der Waals surface area contributed by atoms with Gasteiger partial charge in [-0.15, -0.1) is 0 Å². The lowest BCUT2D eigenvalue weighted by atomic mass is 10.0. The number of ether oxygens (including phenoxy) is 3. The van der Waals surface area contributed by atoms with E-state index in [9.17, 15) is 14.4 Å². The zero-order chi connectivity index (χ0) is 57.1. The van der Waals surface area contributed by atoms with Gasteiger partial charge in [-0.1, -0.05) is 323 Å². The van der Waals surface area contributed by atoms with E-state index in [0.29, 0.717) is 19.3 Å². The first-order chi connectivity index (χ1) is 39.0. The molecule has 0 heterocycles. The first-order valence-corrected chi connectivity index (χ1v) is 33.7. The second-order valence-electron chi connectivity index (χ2n) is 22.4. The number of esters is 3. The fourth-order valence-electron chi connectivity index (χ4n) is 9.58. The first-order valence-electron chi connectivity index (χ1n) is 33.7. The van der Waals surface area contributed by atoms with Gasteiger partial charge < -0.3 is 14.2 Å². The minimum Gasteiger partial charge on any atom is -0.462 e. The number of hydrogen-bond donors (Lipinski definition) is 0. The normalized spacial score (nSPS) is 12.7. The molecule has 0 amide bonds. The molecule has 1 atom stereocenters. The number of rotatable bonds is 61.